The van der Waals surface area contributed by atoms with Gasteiger partial charge in [-0.05, 0) is 37.2 Å². The van der Waals surface area contributed by atoms with Crippen molar-refractivity contribution in [1.82, 2.24) is 10.2 Å². The number of hydrogen-bond donors (Lipinski definition) is 2. The minimum absolute atomic E-state index is 0.0447. The van der Waals surface area contributed by atoms with Gasteiger partial charge in [-0.3, -0.25) is 9.59 Å². The first-order valence-corrected chi connectivity index (χ1v) is 8.98. The Hall–Kier alpha value is -1.88. The number of amides is 2. The summed E-state index contributed by atoms with van der Waals surface area (Å²) in [5.41, 5.74) is 7.06. The molecule has 1 heterocycles. The molecule has 2 unspecified atom stereocenters. The van der Waals surface area contributed by atoms with Crippen LogP contribution in [-0.2, 0) is 16.0 Å². The zero-order valence-electron chi connectivity index (χ0n) is 14.1. The molecule has 0 spiro atoms. The molecule has 24 heavy (non-hydrogen) atoms. The third-order valence-corrected chi connectivity index (χ3v) is 5.08. The third kappa shape index (κ3) is 4.57. The number of carbonyl (C=O) groups excluding carboxylic acids is 2. The molecule has 2 amide bonds. The molecule has 5 nitrogen and oxygen atoms in total. The van der Waals surface area contributed by atoms with Gasteiger partial charge in [0.2, 0.25) is 11.8 Å². The van der Waals surface area contributed by atoms with E-state index in [0.717, 1.165) is 24.9 Å². The number of nitrogens with one attached hydrogen (secondary N) is 1. The molecule has 1 aliphatic carbocycles. The zero-order valence-corrected chi connectivity index (χ0v) is 14.1. The van der Waals surface area contributed by atoms with Crippen molar-refractivity contribution < 1.29 is 9.59 Å². The highest BCUT2D eigenvalue weighted by Gasteiger charge is 2.31. The number of nitrogens with two attached hydrogens (primary N) is 1. The lowest BCUT2D eigenvalue weighted by Crippen LogP contribution is -2.48. The highest BCUT2D eigenvalue weighted by atomic mass is 16.2. The number of carbonyl (C=O) groups is 2. The number of benzene rings is 1. The van der Waals surface area contributed by atoms with Crippen LogP contribution in [0.15, 0.2) is 30.3 Å². The number of likely N-dealkylation sites (tertiary alicyclic amines) is 1. The summed E-state index contributed by atoms with van der Waals surface area (Å²) in [6.45, 7) is 1.82. The summed E-state index contributed by atoms with van der Waals surface area (Å²) in [6.07, 6.45) is 4.50. The Morgan fingerprint density at radius 2 is 1.96 bits per heavy atom. The van der Waals surface area contributed by atoms with Crippen molar-refractivity contribution in [1.29, 1.82) is 0 Å². The second-order valence-electron chi connectivity index (χ2n) is 7.09. The van der Waals surface area contributed by atoms with Crippen LogP contribution in [0.2, 0.25) is 0 Å². The summed E-state index contributed by atoms with van der Waals surface area (Å²) >= 11 is 0. The molecule has 130 valence electrons. The van der Waals surface area contributed by atoms with Crippen LogP contribution in [0, 0.1) is 11.8 Å². The molecule has 0 radical (unpaired) electrons. The fourth-order valence-electron chi connectivity index (χ4n) is 3.35. The Balaban J connectivity index is 1.47. The van der Waals surface area contributed by atoms with Gasteiger partial charge in [0.05, 0.1) is 12.3 Å². The van der Waals surface area contributed by atoms with Crippen LogP contribution in [0.3, 0.4) is 0 Å². The minimum atomic E-state index is -0.107. The predicted molar refractivity (Wildman–Crippen MR) is 93.2 cm³/mol. The van der Waals surface area contributed by atoms with Crippen LogP contribution >= 0.6 is 0 Å². The monoisotopic (exact) mass is 329 g/mol. The molecule has 0 aromatic heterocycles. The Kier molecular flexibility index (Phi) is 5.51. The number of hydrogen-bond acceptors (Lipinski definition) is 3. The molecule has 3 rings (SSSR count). The van der Waals surface area contributed by atoms with Crippen molar-refractivity contribution in [3.8, 4) is 0 Å². The Morgan fingerprint density at radius 1 is 1.21 bits per heavy atom. The fraction of sp³-hybridized carbons (Fsp3) is 0.579. The van der Waals surface area contributed by atoms with Crippen LogP contribution in [0.25, 0.3) is 0 Å². The van der Waals surface area contributed by atoms with Gasteiger partial charge in [0.1, 0.15) is 0 Å². The lowest BCUT2D eigenvalue weighted by molar-refractivity contribution is -0.135. The van der Waals surface area contributed by atoms with Gasteiger partial charge in [-0.2, -0.15) is 0 Å². The van der Waals surface area contributed by atoms with Crippen LogP contribution < -0.4 is 11.1 Å². The van der Waals surface area contributed by atoms with Gasteiger partial charge < -0.3 is 16.0 Å². The van der Waals surface area contributed by atoms with Gasteiger partial charge in [0, 0.05) is 25.7 Å². The van der Waals surface area contributed by atoms with E-state index >= 15 is 0 Å². The lowest BCUT2D eigenvalue weighted by atomic mass is 9.96. The molecule has 3 N–H and O–H groups in total. The van der Waals surface area contributed by atoms with Crippen molar-refractivity contribution >= 4 is 11.8 Å². The van der Waals surface area contributed by atoms with Crippen molar-refractivity contribution in [3.63, 3.8) is 0 Å². The standard InChI is InChI=1S/C19H27N3O2/c20-17(15-8-9-15)12-21-19(24)16-7-4-10-22(13-16)18(23)11-14-5-2-1-3-6-14/h1-3,5-6,15-17H,4,7-13,20H2,(H,21,24). The van der Waals surface area contributed by atoms with Gasteiger partial charge in [-0.25, -0.2) is 0 Å². The van der Waals surface area contributed by atoms with Gasteiger partial charge in [-0.1, -0.05) is 30.3 Å². The second kappa shape index (κ2) is 7.79. The van der Waals surface area contributed by atoms with Gasteiger partial charge in [0.25, 0.3) is 0 Å². The molecule has 1 saturated heterocycles. The Bertz CT molecular complexity index is 571. The molecule has 2 aliphatic rings. The maximum absolute atomic E-state index is 12.5. The Labute approximate surface area is 143 Å². The lowest BCUT2D eigenvalue weighted by Gasteiger charge is -2.32. The van der Waals surface area contributed by atoms with Gasteiger partial charge in [-0.15, -0.1) is 0 Å². The summed E-state index contributed by atoms with van der Waals surface area (Å²) in [5.74, 6) is 0.627. The average Bonchev–Trinajstić information content (AvgIpc) is 3.45. The van der Waals surface area contributed by atoms with Crippen molar-refractivity contribution in [2.45, 2.75) is 38.1 Å². The normalized spacial score (nSPS) is 22.0. The number of rotatable bonds is 6. The van der Waals surface area contributed by atoms with E-state index in [1.165, 1.54) is 12.8 Å². The summed E-state index contributed by atoms with van der Waals surface area (Å²) in [7, 11) is 0. The third-order valence-electron chi connectivity index (χ3n) is 5.08. The topological polar surface area (TPSA) is 75.4 Å². The van der Waals surface area contributed by atoms with Gasteiger partial charge in [0.15, 0.2) is 0 Å². The molecular formula is C19H27N3O2. The second-order valence-corrected chi connectivity index (χ2v) is 7.09. The van der Waals surface area contributed by atoms with E-state index in [9.17, 15) is 9.59 Å². The average molecular weight is 329 g/mol. The van der Waals surface area contributed by atoms with Crippen LogP contribution in [0.1, 0.15) is 31.2 Å². The van der Waals surface area contributed by atoms with Gasteiger partial charge >= 0.3 is 0 Å². The van der Waals surface area contributed by atoms with Crippen LogP contribution in [0.5, 0.6) is 0 Å². The SMILES string of the molecule is NC(CNC(=O)C1CCCN(C(=O)Cc2ccccc2)C1)C1CC1. The van der Waals surface area contributed by atoms with E-state index in [1.807, 2.05) is 35.2 Å². The van der Waals surface area contributed by atoms with Crippen LogP contribution in [-0.4, -0.2) is 42.4 Å². The summed E-state index contributed by atoms with van der Waals surface area (Å²) < 4.78 is 0. The summed E-state index contributed by atoms with van der Waals surface area (Å²) in [5, 5.41) is 2.98. The minimum Gasteiger partial charge on any atom is -0.354 e. The largest absolute Gasteiger partial charge is 0.354 e. The van der Waals surface area contributed by atoms with Crippen molar-refractivity contribution in [2.75, 3.05) is 19.6 Å². The zero-order chi connectivity index (χ0) is 16.9. The smallest absolute Gasteiger partial charge is 0.227 e. The first kappa shape index (κ1) is 17.0. The fourth-order valence-corrected chi connectivity index (χ4v) is 3.35. The van der Waals surface area contributed by atoms with E-state index in [1.54, 1.807) is 0 Å². The predicted octanol–water partition coefficient (Wildman–Crippen LogP) is 1.32. The molecule has 5 heteroatoms. The highest BCUT2D eigenvalue weighted by Crippen LogP contribution is 2.31. The number of nitrogens with zero attached hydrogens (tertiary/aromatic N) is 1. The number of piperidine rings is 1. The molecule has 2 atom stereocenters. The first-order valence-electron chi connectivity index (χ1n) is 8.98. The molecular weight excluding hydrogens is 302 g/mol. The van der Waals surface area contributed by atoms with E-state index in [0.29, 0.717) is 25.4 Å². The maximum atomic E-state index is 12.5. The molecule has 0 bridgehead atoms. The molecule has 1 aliphatic heterocycles. The first-order chi connectivity index (χ1) is 11.6. The molecule has 2 fully saturated rings. The van der Waals surface area contributed by atoms with E-state index < -0.39 is 0 Å². The van der Waals surface area contributed by atoms with E-state index in [4.69, 9.17) is 5.73 Å². The molecule has 1 aromatic carbocycles. The summed E-state index contributed by atoms with van der Waals surface area (Å²) in [4.78, 5) is 26.7. The molecule has 1 saturated carbocycles. The van der Waals surface area contributed by atoms with Crippen LogP contribution in [0.4, 0.5) is 0 Å². The summed E-state index contributed by atoms with van der Waals surface area (Å²) in [6, 6.07) is 9.84. The highest BCUT2D eigenvalue weighted by molar-refractivity contribution is 5.82. The maximum Gasteiger partial charge on any atom is 0.227 e. The van der Waals surface area contributed by atoms with Crippen molar-refractivity contribution in [2.24, 2.45) is 17.6 Å². The van der Waals surface area contributed by atoms with Crippen molar-refractivity contribution in [3.05, 3.63) is 35.9 Å². The van der Waals surface area contributed by atoms with E-state index in [-0.39, 0.29) is 23.8 Å². The Morgan fingerprint density at radius 3 is 2.67 bits per heavy atom. The quantitative estimate of drug-likeness (QED) is 0.826. The molecule has 1 aromatic rings. The van der Waals surface area contributed by atoms with E-state index in [2.05, 4.69) is 5.32 Å².